The maximum absolute atomic E-state index is 11.8. The average molecular weight is 234 g/mol. The van der Waals surface area contributed by atoms with Gasteiger partial charge in [-0.15, -0.1) is 0 Å². The van der Waals surface area contributed by atoms with E-state index in [1.807, 2.05) is 0 Å². The highest BCUT2D eigenvalue weighted by molar-refractivity contribution is 5.94. The van der Waals surface area contributed by atoms with Gasteiger partial charge in [-0.3, -0.25) is 4.79 Å². The van der Waals surface area contributed by atoms with Crippen molar-refractivity contribution in [1.82, 2.24) is 5.32 Å². The number of hydrogen-bond donors (Lipinski definition) is 3. The van der Waals surface area contributed by atoms with Crippen molar-refractivity contribution >= 4 is 5.91 Å². The van der Waals surface area contributed by atoms with Crippen LogP contribution < -0.4 is 11.1 Å². The van der Waals surface area contributed by atoms with Crippen LogP contribution in [0.1, 0.15) is 29.6 Å². The van der Waals surface area contributed by atoms with E-state index in [0.29, 0.717) is 18.0 Å². The standard InChI is InChI=1S/C13H18N2O2/c14-11-5-4-9(6-11)8-15-13(17)10-2-1-3-12(16)7-10/h1-3,7,9,11,16H,4-6,8,14H2,(H,15,17). The summed E-state index contributed by atoms with van der Waals surface area (Å²) in [6, 6.07) is 6.66. The van der Waals surface area contributed by atoms with Crippen molar-refractivity contribution in [3.63, 3.8) is 0 Å². The summed E-state index contributed by atoms with van der Waals surface area (Å²) in [5.41, 5.74) is 6.31. The highest BCUT2D eigenvalue weighted by Crippen LogP contribution is 2.23. The second-order valence-corrected chi connectivity index (χ2v) is 4.70. The molecule has 92 valence electrons. The lowest BCUT2D eigenvalue weighted by molar-refractivity contribution is 0.0947. The van der Waals surface area contributed by atoms with Gasteiger partial charge in [0.2, 0.25) is 0 Å². The number of phenolic OH excluding ortho intramolecular Hbond substituents is 1. The van der Waals surface area contributed by atoms with Gasteiger partial charge >= 0.3 is 0 Å². The van der Waals surface area contributed by atoms with Crippen LogP contribution >= 0.6 is 0 Å². The Morgan fingerprint density at radius 3 is 2.94 bits per heavy atom. The first-order valence-electron chi connectivity index (χ1n) is 5.98. The van der Waals surface area contributed by atoms with Crippen molar-refractivity contribution in [2.75, 3.05) is 6.54 Å². The quantitative estimate of drug-likeness (QED) is 0.736. The summed E-state index contributed by atoms with van der Waals surface area (Å²) in [5.74, 6) is 0.466. The molecule has 0 heterocycles. The summed E-state index contributed by atoms with van der Waals surface area (Å²) in [4.78, 5) is 11.8. The van der Waals surface area contributed by atoms with Gasteiger partial charge in [0.25, 0.3) is 5.91 Å². The predicted octanol–water partition coefficient (Wildman–Crippen LogP) is 1.25. The number of carbonyl (C=O) groups is 1. The second-order valence-electron chi connectivity index (χ2n) is 4.70. The monoisotopic (exact) mass is 234 g/mol. The highest BCUT2D eigenvalue weighted by Gasteiger charge is 2.22. The van der Waals surface area contributed by atoms with E-state index in [0.717, 1.165) is 19.3 Å². The summed E-state index contributed by atoms with van der Waals surface area (Å²) in [6.07, 6.45) is 3.12. The first kappa shape index (κ1) is 11.9. The van der Waals surface area contributed by atoms with E-state index in [-0.39, 0.29) is 17.7 Å². The molecule has 1 fully saturated rings. The van der Waals surface area contributed by atoms with Gasteiger partial charge in [0.05, 0.1) is 0 Å². The molecule has 0 spiro atoms. The van der Waals surface area contributed by atoms with Crippen LogP contribution in [0.5, 0.6) is 5.75 Å². The number of rotatable bonds is 3. The largest absolute Gasteiger partial charge is 0.508 e. The zero-order valence-electron chi connectivity index (χ0n) is 9.73. The summed E-state index contributed by atoms with van der Waals surface area (Å²) >= 11 is 0. The lowest BCUT2D eigenvalue weighted by Crippen LogP contribution is -2.29. The fourth-order valence-corrected chi connectivity index (χ4v) is 2.29. The van der Waals surface area contributed by atoms with Crippen LogP contribution in [0.4, 0.5) is 0 Å². The number of phenols is 1. The number of aromatic hydroxyl groups is 1. The van der Waals surface area contributed by atoms with E-state index >= 15 is 0 Å². The van der Waals surface area contributed by atoms with Crippen LogP contribution in [-0.2, 0) is 0 Å². The molecule has 2 rings (SSSR count). The number of nitrogens with one attached hydrogen (secondary N) is 1. The zero-order valence-corrected chi connectivity index (χ0v) is 9.73. The molecule has 4 heteroatoms. The summed E-state index contributed by atoms with van der Waals surface area (Å²) in [7, 11) is 0. The van der Waals surface area contributed by atoms with Gasteiger partial charge in [-0.05, 0) is 43.4 Å². The number of benzene rings is 1. The van der Waals surface area contributed by atoms with E-state index in [9.17, 15) is 9.90 Å². The molecular weight excluding hydrogens is 216 g/mol. The minimum atomic E-state index is -0.138. The fraction of sp³-hybridized carbons (Fsp3) is 0.462. The Hall–Kier alpha value is -1.55. The molecule has 1 amide bonds. The maximum atomic E-state index is 11.8. The van der Waals surface area contributed by atoms with Crippen molar-refractivity contribution in [2.45, 2.75) is 25.3 Å². The van der Waals surface area contributed by atoms with Crippen LogP contribution in [0.3, 0.4) is 0 Å². The average Bonchev–Trinajstić information content (AvgIpc) is 2.72. The summed E-state index contributed by atoms with van der Waals surface area (Å²) in [6.45, 7) is 0.669. The number of nitrogens with two attached hydrogens (primary N) is 1. The maximum Gasteiger partial charge on any atom is 0.251 e. The van der Waals surface area contributed by atoms with E-state index in [4.69, 9.17) is 5.73 Å². The van der Waals surface area contributed by atoms with Gasteiger partial charge in [-0.1, -0.05) is 6.07 Å². The first-order chi connectivity index (χ1) is 8.15. The van der Waals surface area contributed by atoms with Gasteiger partial charge in [-0.2, -0.15) is 0 Å². The van der Waals surface area contributed by atoms with Gasteiger partial charge in [0, 0.05) is 18.2 Å². The molecular formula is C13H18N2O2. The Balaban J connectivity index is 1.85. The van der Waals surface area contributed by atoms with E-state index < -0.39 is 0 Å². The molecule has 1 aliphatic carbocycles. The molecule has 1 aliphatic rings. The normalized spacial score (nSPS) is 23.6. The molecule has 1 aromatic carbocycles. The SMILES string of the molecule is NC1CCC(CNC(=O)c2cccc(O)c2)C1. The molecule has 4 nitrogen and oxygen atoms in total. The molecule has 2 atom stereocenters. The first-order valence-corrected chi connectivity index (χ1v) is 5.98. The van der Waals surface area contributed by atoms with E-state index in [2.05, 4.69) is 5.32 Å². The molecule has 0 radical (unpaired) electrons. The van der Waals surface area contributed by atoms with Crippen LogP contribution in [0.15, 0.2) is 24.3 Å². The molecule has 0 aliphatic heterocycles. The highest BCUT2D eigenvalue weighted by atomic mass is 16.3. The predicted molar refractivity (Wildman–Crippen MR) is 65.8 cm³/mol. The van der Waals surface area contributed by atoms with Crippen LogP contribution in [0.25, 0.3) is 0 Å². The van der Waals surface area contributed by atoms with E-state index in [1.165, 1.54) is 6.07 Å². The molecule has 1 aromatic rings. The van der Waals surface area contributed by atoms with Crippen molar-refractivity contribution in [1.29, 1.82) is 0 Å². The third-order valence-electron chi connectivity index (χ3n) is 3.24. The zero-order chi connectivity index (χ0) is 12.3. The molecule has 0 saturated heterocycles. The molecule has 4 N–H and O–H groups in total. The smallest absolute Gasteiger partial charge is 0.251 e. The Morgan fingerprint density at radius 2 is 2.29 bits per heavy atom. The second kappa shape index (κ2) is 5.19. The van der Waals surface area contributed by atoms with Crippen LogP contribution in [0.2, 0.25) is 0 Å². The van der Waals surface area contributed by atoms with Gasteiger partial charge in [0.15, 0.2) is 0 Å². The lowest BCUT2D eigenvalue weighted by Gasteiger charge is -2.11. The topological polar surface area (TPSA) is 75.3 Å². The Bertz CT molecular complexity index is 406. The molecule has 0 aromatic heterocycles. The van der Waals surface area contributed by atoms with Gasteiger partial charge < -0.3 is 16.2 Å². The van der Waals surface area contributed by atoms with E-state index in [1.54, 1.807) is 18.2 Å². The number of amides is 1. The number of carbonyl (C=O) groups excluding carboxylic acids is 1. The minimum Gasteiger partial charge on any atom is -0.508 e. The van der Waals surface area contributed by atoms with Gasteiger partial charge in [-0.25, -0.2) is 0 Å². The molecule has 1 saturated carbocycles. The summed E-state index contributed by atoms with van der Waals surface area (Å²) in [5, 5.41) is 12.2. The van der Waals surface area contributed by atoms with Crippen LogP contribution in [0, 0.1) is 5.92 Å². The summed E-state index contributed by atoms with van der Waals surface area (Å²) < 4.78 is 0. The third kappa shape index (κ3) is 3.20. The molecule has 2 unspecified atom stereocenters. The Labute approximate surface area is 101 Å². The Morgan fingerprint density at radius 1 is 1.47 bits per heavy atom. The number of hydrogen-bond acceptors (Lipinski definition) is 3. The van der Waals surface area contributed by atoms with Gasteiger partial charge in [0.1, 0.15) is 5.75 Å². The van der Waals surface area contributed by atoms with Crippen LogP contribution in [-0.4, -0.2) is 23.6 Å². The minimum absolute atomic E-state index is 0.112. The van der Waals surface area contributed by atoms with Crippen molar-refractivity contribution < 1.29 is 9.90 Å². The fourth-order valence-electron chi connectivity index (χ4n) is 2.29. The molecule has 17 heavy (non-hydrogen) atoms. The van der Waals surface area contributed by atoms with Crippen molar-refractivity contribution in [3.8, 4) is 5.75 Å². The van der Waals surface area contributed by atoms with Crippen molar-refractivity contribution in [2.24, 2.45) is 11.7 Å². The Kier molecular flexibility index (Phi) is 3.64. The molecule has 0 bridgehead atoms. The third-order valence-corrected chi connectivity index (χ3v) is 3.24. The van der Waals surface area contributed by atoms with Crippen molar-refractivity contribution in [3.05, 3.63) is 29.8 Å². The lowest BCUT2D eigenvalue weighted by atomic mass is 10.1.